The van der Waals surface area contributed by atoms with Crippen LogP contribution in [0.4, 0.5) is 0 Å². The normalized spacial score (nSPS) is 14.7. The first kappa shape index (κ1) is 15.0. The fourth-order valence-electron chi connectivity index (χ4n) is 1.37. The number of hydrogen-bond donors (Lipinski definition) is 0. The molecule has 1 aromatic rings. The van der Waals surface area contributed by atoms with Crippen LogP contribution in [0.5, 0.6) is 5.75 Å². The van der Waals surface area contributed by atoms with Crippen LogP contribution in [0.15, 0.2) is 18.2 Å². The van der Waals surface area contributed by atoms with Gasteiger partial charge in [-0.05, 0) is 60.0 Å². The Balaban J connectivity index is 2.97. The van der Waals surface area contributed by atoms with E-state index in [1.807, 2.05) is 26.0 Å². The van der Waals surface area contributed by atoms with E-state index in [1.165, 1.54) is 5.56 Å². The molecule has 0 aromatic heterocycles. The van der Waals surface area contributed by atoms with E-state index in [4.69, 9.17) is 32.1 Å². The average Bonchev–Trinajstić information content (AvgIpc) is 2.20. The van der Waals surface area contributed by atoms with Crippen LogP contribution in [0, 0.1) is 6.92 Å². The number of benzene rings is 1. The summed E-state index contributed by atoms with van der Waals surface area (Å²) >= 11 is 11.2. The molecule has 1 aromatic carbocycles. The molecule has 0 bridgehead atoms. The van der Waals surface area contributed by atoms with E-state index in [0.717, 1.165) is 11.3 Å². The monoisotopic (exact) mass is 292 g/mol. The summed E-state index contributed by atoms with van der Waals surface area (Å²) in [4.78, 5) is 0. The van der Waals surface area contributed by atoms with E-state index in [2.05, 4.69) is 19.9 Å². The van der Waals surface area contributed by atoms with Gasteiger partial charge in [0.2, 0.25) is 0 Å². The van der Waals surface area contributed by atoms with Crippen LogP contribution < -0.4 is 4.52 Å². The zero-order chi connectivity index (χ0) is 13.1. The van der Waals surface area contributed by atoms with Crippen molar-refractivity contribution in [1.82, 2.24) is 0 Å². The highest BCUT2D eigenvalue weighted by atomic mass is 35.7. The molecule has 0 amide bonds. The van der Waals surface area contributed by atoms with E-state index in [0.29, 0.717) is 12.5 Å². The van der Waals surface area contributed by atoms with Gasteiger partial charge in [-0.2, -0.15) is 0 Å². The van der Waals surface area contributed by atoms with Crippen LogP contribution in [-0.2, 0) is 16.3 Å². The van der Waals surface area contributed by atoms with Crippen molar-refractivity contribution in [2.45, 2.75) is 33.6 Å². The second kappa shape index (κ2) is 6.19. The lowest BCUT2D eigenvalue weighted by Gasteiger charge is -2.18. The Hall–Kier alpha value is -0.0800. The third kappa shape index (κ3) is 4.59. The first-order valence-corrected chi connectivity index (χ1v) is 9.14. The molecule has 2 nitrogen and oxygen atoms in total. The standard InChI is InChI=1S/C12H18ClO2PS/c1-5-14-16(13,17)15-12-8-11(9(2)3)7-6-10(12)4/h6-9H,5H2,1-4H3. The van der Waals surface area contributed by atoms with Crippen LogP contribution >= 0.6 is 17.1 Å². The van der Waals surface area contributed by atoms with Gasteiger partial charge < -0.3 is 9.05 Å². The summed E-state index contributed by atoms with van der Waals surface area (Å²) in [6.07, 6.45) is 0. The maximum Gasteiger partial charge on any atom is 0.332 e. The van der Waals surface area contributed by atoms with Gasteiger partial charge in [-0.25, -0.2) is 0 Å². The molecule has 0 fully saturated rings. The first-order valence-electron chi connectivity index (χ1n) is 5.60. The smallest absolute Gasteiger partial charge is 0.332 e. The highest BCUT2D eigenvalue weighted by Gasteiger charge is 2.17. The molecule has 0 aliphatic heterocycles. The van der Waals surface area contributed by atoms with Crippen molar-refractivity contribution in [3.63, 3.8) is 0 Å². The van der Waals surface area contributed by atoms with E-state index in [9.17, 15) is 0 Å². The van der Waals surface area contributed by atoms with E-state index < -0.39 is 5.84 Å². The zero-order valence-corrected chi connectivity index (χ0v) is 13.0. The number of halogens is 1. The van der Waals surface area contributed by atoms with Crippen molar-refractivity contribution >= 4 is 28.9 Å². The first-order chi connectivity index (χ1) is 7.85. The minimum Gasteiger partial charge on any atom is -0.433 e. The zero-order valence-electron chi connectivity index (χ0n) is 10.6. The van der Waals surface area contributed by atoms with Gasteiger partial charge in [0.05, 0.1) is 6.61 Å². The fraction of sp³-hybridized carbons (Fsp3) is 0.500. The SMILES string of the molecule is CCOP(=S)(Cl)Oc1cc(C(C)C)ccc1C. The third-order valence-electron chi connectivity index (χ3n) is 2.37. The molecule has 0 N–H and O–H groups in total. The minimum absolute atomic E-state index is 0.443. The summed E-state index contributed by atoms with van der Waals surface area (Å²) in [5.41, 5.74) is 2.22. The second-order valence-corrected chi connectivity index (χ2v) is 8.80. The number of rotatable bonds is 5. The summed E-state index contributed by atoms with van der Waals surface area (Å²) in [5, 5.41) is 0. The van der Waals surface area contributed by atoms with E-state index in [-0.39, 0.29) is 0 Å². The largest absolute Gasteiger partial charge is 0.433 e. The van der Waals surface area contributed by atoms with Crippen molar-refractivity contribution in [2.75, 3.05) is 6.61 Å². The summed E-state index contributed by atoms with van der Waals surface area (Å²) in [6, 6.07) is 6.09. The molecule has 1 unspecified atom stereocenters. The lowest BCUT2D eigenvalue weighted by molar-refractivity contribution is 0.343. The second-order valence-electron chi connectivity index (χ2n) is 4.12. The summed E-state index contributed by atoms with van der Waals surface area (Å²) < 4.78 is 10.9. The molecule has 0 radical (unpaired) electrons. The van der Waals surface area contributed by atoms with Crippen LogP contribution in [0.3, 0.4) is 0 Å². The molecule has 0 saturated heterocycles. The van der Waals surface area contributed by atoms with Crippen molar-refractivity contribution in [3.05, 3.63) is 29.3 Å². The molecule has 0 heterocycles. The van der Waals surface area contributed by atoms with Crippen molar-refractivity contribution in [3.8, 4) is 5.75 Å². The maximum atomic E-state index is 6.06. The molecule has 0 aliphatic rings. The minimum atomic E-state index is -2.69. The molecule has 17 heavy (non-hydrogen) atoms. The molecular formula is C12H18ClO2PS. The number of aryl methyl sites for hydroxylation is 1. The Morgan fingerprint density at radius 1 is 1.41 bits per heavy atom. The fourth-order valence-corrected chi connectivity index (χ4v) is 3.24. The molecule has 0 aliphatic carbocycles. The van der Waals surface area contributed by atoms with Gasteiger partial charge in [0.25, 0.3) is 0 Å². The third-order valence-corrected chi connectivity index (χ3v) is 4.39. The Bertz CT molecular complexity index is 435. The quantitative estimate of drug-likeness (QED) is 0.712. The molecule has 5 heteroatoms. The predicted octanol–water partition coefficient (Wildman–Crippen LogP) is 5.00. The van der Waals surface area contributed by atoms with Gasteiger partial charge in [0.1, 0.15) is 5.75 Å². The molecule has 0 spiro atoms. The van der Waals surface area contributed by atoms with Crippen LogP contribution in [0.25, 0.3) is 0 Å². The average molecular weight is 293 g/mol. The number of hydrogen-bond acceptors (Lipinski definition) is 3. The molecule has 1 rings (SSSR count). The summed E-state index contributed by atoms with van der Waals surface area (Å²) in [6.45, 7) is 8.55. The topological polar surface area (TPSA) is 18.5 Å². The van der Waals surface area contributed by atoms with E-state index in [1.54, 1.807) is 0 Å². The van der Waals surface area contributed by atoms with Gasteiger partial charge in [-0.1, -0.05) is 26.0 Å². The van der Waals surface area contributed by atoms with Gasteiger partial charge in [-0.3, -0.25) is 0 Å². The van der Waals surface area contributed by atoms with Crippen molar-refractivity contribution in [2.24, 2.45) is 0 Å². The maximum absolute atomic E-state index is 6.06. The van der Waals surface area contributed by atoms with Gasteiger partial charge >= 0.3 is 5.84 Å². The van der Waals surface area contributed by atoms with Crippen LogP contribution in [-0.4, -0.2) is 6.61 Å². The molecular weight excluding hydrogens is 275 g/mol. The predicted molar refractivity (Wildman–Crippen MR) is 77.7 cm³/mol. The Kier molecular flexibility index (Phi) is 5.46. The van der Waals surface area contributed by atoms with Gasteiger partial charge in [-0.15, -0.1) is 0 Å². The molecule has 0 saturated carbocycles. The lowest BCUT2D eigenvalue weighted by atomic mass is 10.0. The van der Waals surface area contributed by atoms with E-state index >= 15 is 0 Å². The Morgan fingerprint density at radius 3 is 2.59 bits per heavy atom. The Labute approximate surface area is 113 Å². The van der Waals surface area contributed by atoms with Crippen LogP contribution in [0.1, 0.15) is 37.8 Å². The lowest BCUT2D eigenvalue weighted by Crippen LogP contribution is -1.96. The Morgan fingerprint density at radius 2 is 2.06 bits per heavy atom. The summed E-state index contributed by atoms with van der Waals surface area (Å²) in [5.74, 6) is -1.52. The highest BCUT2D eigenvalue weighted by molar-refractivity contribution is 8.22. The van der Waals surface area contributed by atoms with Gasteiger partial charge in [0.15, 0.2) is 0 Å². The molecule has 96 valence electrons. The highest BCUT2D eigenvalue weighted by Crippen LogP contribution is 2.54. The van der Waals surface area contributed by atoms with Crippen LogP contribution in [0.2, 0.25) is 0 Å². The van der Waals surface area contributed by atoms with Crippen molar-refractivity contribution < 1.29 is 9.05 Å². The summed E-state index contributed by atoms with van der Waals surface area (Å²) in [7, 11) is 0. The molecule has 1 atom stereocenters. The van der Waals surface area contributed by atoms with Gasteiger partial charge in [0, 0.05) is 0 Å². The van der Waals surface area contributed by atoms with Crippen molar-refractivity contribution in [1.29, 1.82) is 0 Å².